The van der Waals surface area contributed by atoms with Crippen LogP contribution in [-0.2, 0) is 6.54 Å². The fourth-order valence-electron chi connectivity index (χ4n) is 3.41. The predicted molar refractivity (Wildman–Crippen MR) is 119 cm³/mol. The van der Waals surface area contributed by atoms with E-state index in [4.69, 9.17) is 4.74 Å². The average molecular weight is 421 g/mol. The average Bonchev–Trinajstić information content (AvgIpc) is 3.59. The molecule has 1 aliphatic rings. The molecule has 0 radical (unpaired) electrons. The van der Waals surface area contributed by atoms with E-state index in [1.165, 1.54) is 4.68 Å². The summed E-state index contributed by atoms with van der Waals surface area (Å²) >= 11 is 0. The molecule has 2 aromatic carbocycles. The highest BCUT2D eigenvalue weighted by molar-refractivity contribution is 5.94. The van der Waals surface area contributed by atoms with Gasteiger partial charge in [0.15, 0.2) is 0 Å². The fraction of sp³-hybridized carbons (Fsp3) is 0.375. The molecule has 1 saturated carbocycles. The second kappa shape index (κ2) is 9.64. The molecular weight excluding hydrogens is 392 g/mol. The van der Waals surface area contributed by atoms with Crippen LogP contribution in [0.15, 0.2) is 59.4 Å². The minimum Gasteiger partial charge on any atom is -0.494 e. The number of unbranched alkanes of at least 4 members (excludes halogenated alkanes) is 1. The van der Waals surface area contributed by atoms with Crippen LogP contribution < -0.4 is 15.7 Å². The minimum atomic E-state index is -0.182. The number of aromatic nitrogens is 3. The van der Waals surface area contributed by atoms with Gasteiger partial charge < -0.3 is 10.1 Å². The zero-order valence-electron chi connectivity index (χ0n) is 17.8. The van der Waals surface area contributed by atoms with Crippen molar-refractivity contribution in [3.05, 3.63) is 76.5 Å². The maximum atomic E-state index is 13.0. The summed E-state index contributed by atoms with van der Waals surface area (Å²) in [6, 6.07) is 16.7. The summed E-state index contributed by atoms with van der Waals surface area (Å²) in [6.45, 7) is 3.44. The van der Waals surface area contributed by atoms with E-state index in [1.807, 2.05) is 30.3 Å². The number of amides is 1. The van der Waals surface area contributed by atoms with Crippen molar-refractivity contribution in [2.45, 2.75) is 45.1 Å². The van der Waals surface area contributed by atoms with Gasteiger partial charge in [0, 0.05) is 18.0 Å². The molecule has 0 aliphatic heterocycles. The van der Waals surface area contributed by atoms with E-state index in [9.17, 15) is 9.59 Å². The molecule has 0 saturated heterocycles. The highest BCUT2D eigenvalue weighted by atomic mass is 16.5. The van der Waals surface area contributed by atoms with Crippen LogP contribution >= 0.6 is 0 Å². The molecule has 1 aromatic heterocycles. The van der Waals surface area contributed by atoms with Crippen LogP contribution in [0, 0.1) is 0 Å². The van der Waals surface area contributed by atoms with Crippen LogP contribution in [-0.4, -0.2) is 33.4 Å². The number of carbonyl (C=O) groups is 1. The minimum absolute atomic E-state index is 0.170. The number of carbonyl (C=O) groups excluding carboxylic acids is 1. The topological polar surface area (TPSA) is 78.2 Å². The number of nitrogens with one attached hydrogen (secondary N) is 1. The first-order valence-electron chi connectivity index (χ1n) is 10.9. The van der Waals surface area contributed by atoms with Crippen molar-refractivity contribution in [3.63, 3.8) is 0 Å². The van der Waals surface area contributed by atoms with E-state index in [1.54, 1.807) is 28.8 Å². The highest BCUT2D eigenvalue weighted by Gasteiger charge is 2.31. The molecule has 1 heterocycles. The van der Waals surface area contributed by atoms with Crippen molar-refractivity contribution in [3.8, 4) is 11.4 Å². The van der Waals surface area contributed by atoms with E-state index < -0.39 is 0 Å². The molecule has 1 fully saturated rings. The van der Waals surface area contributed by atoms with Crippen molar-refractivity contribution in [1.29, 1.82) is 0 Å². The number of para-hydroxylation sites is 1. The van der Waals surface area contributed by atoms with Crippen molar-refractivity contribution in [2.75, 3.05) is 13.2 Å². The first-order chi connectivity index (χ1) is 15.2. The van der Waals surface area contributed by atoms with Gasteiger partial charge in [-0.15, -0.1) is 0 Å². The molecule has 0 unspecified atom stereocenters. The largest absolute Gasteiger partial charge is 0.494 e. The summed E-state index contributed by atoms with van der Waals surface area (Å²) in [5, 5.41) is 7.44. The van der Waals surface area contributed by atoms with Gasteiger partial charge in [0.2, 0.25) is 0 Å². The normalized spacial score (nSPS) is 13.2. The Labute approximate surface area is 181 Å². The Balaban J connectivity index is 1.37. The molecular formula is C24H28N4O3. The van der Waals surface area contributed by atoms with Gasteiger partial charge in [-0.3, -0.25) is 4.79 Å². The van der Waals surface area contributed by atoms with E-state index in [0.717, 1.165) is 42.9 Å². The van der Waals surface area contributed by atoms with Gasteiger partial charge in [0.05, 0.1) is 18.8 Å². The maximum Gasteiger partial charge on any atom is 0.350 e. The van der Waals surface area contributed by atoms with Crippen LogP contribution in [0.3, 0.4) is 0 Å². The van der Waals surface area contributed by atoms with Crippen LogP contribution in [0.2, 0.25) is 0 Å². The van der Waals surface area contributed by atoms with Gasteiger partial charge in [-0.2, -0.15) is 5.10 Å². The van der Waals surface area contributed by atoms with Crippen molar-refractivity contribution in [1.82, 2.24) is 19.7 Å². The first kappa shape index (κ1) is 20.9. The third-order valence-corrected chi connectivity index (χ3v) is 5.31. The Morgan fingerprint density at radius 2 is 1.87 bits per heavy atom. The summed E-state index contributed by atoms with van der Waals surface area (Å²) in [7, 11) is 0. The molecule has 162 valence electrons. The van der Waals surface area contributed by atoms with E-state index in [2.05, 4.69) is 17.3 Å². The van der Waals surface area contributed by atoms with Crippen molar-refractivity contribution >= 4 is 5.91 Å². The summed E-state index contributed by atoms with van der Waals surface area (Å²) in [5.74, 6) is 1.72. The third kappa shape index (κ3) is 5.05. The van der Waals surface area contributed by atoms with Gasteiger partial charge in [0.1, 0.15) is 11.6 Å². The molecule has 4 rings (SSSR count). The Morgan fingerprint density at radius 3 is 2.55 bits per heavy atom. The Morgan fingerprint density at radius 1 is 1.13 bits per heavy atom. The number of nitrogens with zero attached hydrogens (tertiary/aromatic N) is 3. The SMILES string of the molecule is CCCCOc1ccc(C(=O)NCCn2nc(C3CC3)n(-c3ccccc3)c2=O)cc1. The fourth-order valence-corrected chi connectivity index (χ4v) is 3.41. The first-order valence-corrected chi connectivity index (χ1v) is 10.9. The molecule has 31 heavy (non-hydrogen) atoms. The summed E-state index contributed by atoms with van der Waals surface area (Å²) < 4.78 is 8.77. The lowest BCUT2D eigenvalue weighted by Gasteiger charge is -2.07. The molecule has 1 N–H and O–H groups in total. The van der Waals surface area contributed by atoms with Gasteiger partial charge in [-0.25, -0.2) is 14.0 Å². The van der Waals surface area contributed by atoms with Gasteiger partial charge in [-0.05, 0) is 55.7 Å². The Hall–Kier alpha value is -3.35. The highest BCUT2D eigenvalue weighted by Crippen LogP contribution is 2.39. The lowest BCUT2D eigenvalue weighted by molar-refractivity contribution is 0.0951. The van der Waals surface area contributed by atoms with E-state index in [-0.39, 0.29) is 11.6 Å². The van der Waals surface area contributed by atoms with Gasteiger partial charge in [-0.1, -0.05) is 31.5 Å². The van der Waals surface area contributed by atoms with Crippen LogP contribution in [0.4, 0.5) is 0 Å². The molecule has 7 heteroatoms. The quantitative estimate of drug-likeness (QED) is 0.509. The van der Waals surface area contributed by atoms with Crippen LogP contribution in [0.1, 0.15) is 54.7 Å². The number of ether oxygens (including phenoxy) is 1. The lowest BCUT2D eigenvalue weighted by Crippen LogP contribution is -2.32. The van der Waals surface area contributed by atoms with Gasteiger partial charge in [0.25, 0.3) is 5.91 Å². The van der Waals surface area contributed by atoms with Crippen molar-refractivity contribution in [2.24, 2.45) is 0 Å². The Bertz CT molecular complexity index is 1070. The lowest BCUT2D eigenvalue weighted by atomic mass is 10.2. The second-order valence-electron chi connectivity index (χ2n) is 7.79. The van der Waals surface area contributed by atoms with Crippen LogP contribution in [0.5, 0.6) is 5.75 Å². The zero-order chi connectivity index (χ0) is 21.6. The molecule has 0 atom stereocenters. The van der Waals surface area contributed by atoms with Crippen molar-refractivity contribution < 1.29 is 9.53 Å². The monoisotopic (exact) mass is 420 g/mol. The van der Waals surface area contributed by atoms with E-state index >= 15 is 0 Å². The smallest absolute Gasteiger partial charge is 0.350 e. The number of hydrogen-bond donors (Lipinski definition) is 1. The van der Waals surface area contributed by atoms with Gasteiger partial charge >= 0.3 is 5.69 Å². The number of rotatable bonds is 10. The second-order valence-corrected chi connectivity index (χ2v) is 7.79. The maximum absolute atomic E-state index is 13.0. The molecule has 1 aliphatic carbocycles. The summed E-state index contributed by atoms with van der Waals surface area (Å²) in [5.41, 5.74) is 1.21. The molecule has 7 nitrogen and oxygen atoms in total. The standard InChI is InChI=1S/C24H28N4O3/c1-2-3-17-31-21-13-11-19(12-14-21)23(29)25-15-16-27-24(30)28(20-7-5-4-6-8-20)22(26-27)18-9-10-18/h4-8,11-14,18H,2-3,9-10,15-17H2,1H3,(H,25,29). The molecule has 0 spiro atoms. The zero-order valence-corrected chi connectivity index (χ0v) is 17.8. The third-order valence-electron chi connectivity index (χ3n) is 5.31. The predicted octanol–water partition coefficient (Wildman–Crippen LogP) is 3.52. The molecule has 3 aromatic rings. The Kier molecular flexibility index (Phi) is 6.50. The van der Waals surface area contributed by atoms with E-state index in [0.29, 0.717) is 31.2 Å². The summed E-state index contributed by atoms with van der Waals surface area (Å²) in [4.78, 5) is 25.4. The summed E-state index contributed by atoms with van der Waals surface area (Å²) in [6.07, 6.45) is 4.19. The van der Waals surface area contributed by atoms with Crippen LogP contribution in [0.25, 0.3) is 5.69 Å². The number of benzene rings is 2. The molecule has 0 bridgehead atoms. The number of hydrogen-bond acceptors (Lipinski definition) is 4. The molecule has 1 amide bonds.